The van der Waals surface area contributed by atoms with Crippen molar-refractivity contribution in [3.8, 4) is 0 Å². The van der Waals surface area contributed by atoms with E-state index < -0.39 is 22.8 Å². The molecule has 1 heterocycles. The van der Waals surface area contributed by atoms with Crippen molar-refractivity contribution in [3.05, 3.63) is 40.5 Å². The van der Waals surface area contributed by atoms with Crippen LogP contribution in [0, 0.1) is 6.92 Å². The summed E-state index contributed by atoms with van der Waals surface area (Å²) in [5, 5.41) is 10.4. The predicted molar refractivity (Wildman–Crippen MR) is 103 cm³/mol. The predicted octanol–water partition coefficient (Wildman–Crippen LogP) is 4.12. The molecule has 0 bridgehead atoms. The van der Waals surface area contributed by atoms with Crippen LogP contribution in [-0.4, -0.2) is 36.1 Å². The number of anilines is 3. The summed E-state index contributed by atoms with van der Waals surface area (Å²) in [7, 11) is 1.85. The Balaban J connectivity index is 2.04. The zero-order valence-electron chi connectivity index (χ0n) is 15.2. The van der Waals surface area contributed by atoms with Gasteiger partial charge in [-0.25, -0.2) is 9.78 Å². The van der Waals surface area contributed by atoms with Gasteiger partial charge in [0.25, 0.3) is 0 Å². The standard InChI is InChI=1S/C17H20ClF3N6O/c1-10-8-14(23-7-3-6-22-2)26-15(24-10)27-16(28)25-11-4-5-13(18)12(9-11)17(19,20)21/h4-5,8-9,22H,3,6-7H2,1-2H3,(H3,23,24,25,26,27,28). The van der Waals surface area contributed by atoms with Crippen LogP contribution in [0.15, 0.2) is 24.3 Å². The van der Waals surface area contributed by atoms with Gasteiger partial charge in [-0.05, 0) is 45.1 Å². The molecule has 0 aliphatic heterocycles. The Morgan fingerprint density at radius 2 is 1.89 bits per heavy atom. The Kier molecular flexibility index (Phi) is 7.41. The van der Waals surface area contributed by atoms with Crippen molar-refractivity contribution in [3.63, 3.8) is 0 Å². The number of rotatable bonds is 7. The molecule has 2 rings (SSSR count). The lowest BCUT2D eigenvalue weighted by atomic mass is 10.2. The fourth-order valence-corrected chi connectivity index (χ4v) is 2.51. The molecule has 152 valence electrons. The highest BCUT2D eigenvalue weighted by Gasteiger charge is 2.33. The molecule has 1 aromatic heterocycles. The van der Waals surface area contributed by atoms with E-state index in [2.05, 4.69) is 31.2 Å². The smallest absolute Gasteiger partial charge is 0.370 e. The number of alkyl halides is 3. The molecule has 4 N–H and O–H groups in total. The molecule has 7 nitrogen and oxygen atoms in total. The van der Waals surface area contributed by atoms with Gasteiger partial charge >= 0.3 is 12.2 Å². The maximum atomic E-state index is 12.9. The number of amides is 2. The third-order valence-corrected chi connectivity index (χ3v) is 3.85. The summed E-state index contributed by atoms with van der Waals surface area (Å²) in [6.07, 6.45) is -3.75. The van der Waals surface area contributed by atoms with Crippen LogP contribution in [0.3, 0.4) is 0 Å². The zero-order chi connectivity index (χ0) is 20.7. The Bertz CT molecular complexity index is 831. The van der Waals surface area contributed by atoms with E-state index in [4.69, 9.17) is 11.6 Å². The van der Waals surface area contributed by atoms with Crippen molar-refractivity contribution in [2.75, 3.05) is 36.1 Å². The topological polar surface area (TPSA) is 91.0 Å². The number of aromatic nitrogens is 2. The van der Waals surface area contributed by atoms with Crippen molar-refractivity contribution in [2.45, 2.75) is 19.5 Å². The van der Waals surface area contributed by atoms with Crippen molar-refractivity contribution in [1.82, 2.24) is 15.3 Å². The van der Waals surface area contributed by atoms with Gasteiger partial charge in [0.2, 0.25) is 5.95 Å². The third kappa shape index (κ3) is 6.54. The molecule has 0 aliphatic carbocycles. The van der Waals surface area contributed by atoms with Crippen LogP contribution in [0.1, 0.15) is 17.7 Å². The quantitative estimate of drug-likeness (QED) is 0.510. The maximum absolute atomic E-state index is 12.9. The van der Waals surface area contributed by atoms with Crippen LogP contribution in [0.5, 0.6) is 0 Å². The Hall–Kier alpha value is -2.59. The van der Waals surface area contributed by atoms with Gasteiger partial charge in [0, 0.05) is 24.0 Å². The van der Waals surface area contributed by atoms with E-state index in [1.807, 2.05) is 7.05 Å². The zero-order valence-corrected chi connectivity index (χ0v) is 16.0. The summed E-state index contributed by atoms with van der Waals surface area (Å²) in [6.45, 7) is 3.25. The van der Waals surface area contributed by atoms with Gasteiger partial charge in [-0.3, -0.25) is 5.32 Å². The first-order valence-corrected chi connectivity index (χ1v) is 8.75. The second kappa shape index (κ2) is 9.56. The summed E-state index contributed by atoms with van der Waals surface area (Å²) >= 11 is 5.56. The summed E-state index contributed by atoms with van der Waals surface area (Å²) < 4.78 is 38.7. The molecule has 2 amide bonds. The number of carbonyl (C=O) groups excluding carboxylic acids is 1. The number of hydrogen-bond donors (Lipinski definition) is 4. The molecule has 0 unspecified atom stereocenters. The summed E-state index contributed by atoms with van der Waals surface area (Å²) in [5.41, 5.74) is -0.480. The number of carbonyl (C=O) groups is 1. The van der Waals surface area contributed by atoms with Crippen LogP contribution in [0.2, 0.25) is 5.02 Å². The minimum atomic E-state index is -4.63. The van der Waals surface area contributed by atoms with Crippen molar-refractivity contribution in [2.24, 2.45) is 0 Å². The Morgan fingerprint density at radius 3 is 2.57 bits per heavy atom. The van der Waals surface area contributed by atoms with Gasteiger partial charge in [0.1, 0.15) is 5.82 Å². The van der Waals surface area contributed by atoms with E-state index in [9.17, 15) is 18.0 Å². The first kappa shape index (κ1) is 21.7. The van der Waals surface area contributed by atoms with E-state index in [1.165, 1.54) is 6.07 Å². The van der Waals surface area contributed by atoms with Crippen molar-refractivity contribution in [1.29, 1.82) is 0 Å². The lowest BCUT2D eigenvalue weighted by Gasteiger charge is -2.12. The molecule has 1 aromatic carbocycles. The summed E-state index contributed by atoms with van der Waals surface area (Å²) in [5.74, 6) is 0.559. The molecule has 0 radical (unpaired) electrons. The highest BCUT2D eigenvalue weighted by molar-refractivity contribution is 6.31. The minimum absolute atomic E-state index is 0.0265. The lowest BCUT2D eigenvalue weighted by molar-refractivity contribution is -0.137. The fourth-order valence-electron chi connectivity index (χ4n) is 2.28. The van der Waals surface area contributed by atoms with Crippen LogP contribution >= 0.6 is 11.6 Å². The lowest BCUT2D eigenvalue weighted by Crippen LogP contribution is -2.22. The van der Waals surface area contributed by atoms with E-state index in [-0.39, 0.29) is 11.6 Å². The SMILES string of the molecule is CNCCCNc1cc(C)nc(NC(=O)Nc2ccc(Cl)c(C(F)(F)F)c2)n1. The molecule has 2 aromatic rings. The molecule has 28 heavy (non-hydrogen) atoms. The molecule has 0 atom stereocenters. The van der Waals surface area contributed by atoms with Crippen molar-refractivity contribution >= 4 is 35.1 Å². The summed E-state index contributed by atoms with van der Waals surface area (Å²) in [4.78, 5) is 20.4. The average molecular weight is 417 g/mol. The normalized spacial score (nSPS) is 11.2. The van der Waals surface area contributed by atoms with Crippen molar-refractivity contribution < 1.29 is 18.0 Å². The highest BCUT2D eigenvalue weighted by Crippen LogP contribution is 2.36. The Morgan fingerprint density at radius 1 is 1.14 bits per heavy atom. The summed E-state index contributed by atoms with van der Waals surface area (Å²) in [6, 6.07) is 4.03. The molecule has 0 fully saturated rings. The highest BCUT2D eigenvalue weighted by atomic mass is 35.5. The van der Waals surface area contributed by atoms with Crippen LogP contribution in [0.4, 0.5) is 35.4 Å². The van der Waals surface area contributed by atoms with E-state index in [0.29, 0.717) is 18.1 Å². The van der Waals surface area contributed by atoms with E-state index in [0.717, 1.165) is 25.1 Å². The number of nitrogens with zero attached hydrogens (tertiary/aromatic N) is 2. The molecular formula is C17H20ClF3N6O. The molecule has 11 heteroatoms. The number of urea groups is 1. The van der Waals surface area contributed by atoms with Crippen LogP contribution < -0.4 is 21.3 Å². The number of nitrogens with one attached hydrogen (secondary N) is 4. The van der Waals surface area contributed by atoms with Gasteiger partial charge in [-0.1, -0.05) is 11.6 Å². The van der Waals surface area contributed by atoms with Gasteiger partial charge in [-0.15, -0.1) is 0 Å². The van der Waals surface area contributed by atoms with E-state index >= 15 is 0 Å². The Labute approximate surface area is 165 Å². The molecule has 0 spiro atoms. The largest absolute Gasteiger partial charge is 0.417 e. The van der Waals surface area contributed by atoms with Gasteiger partial charge in [0.15, 0.2) is 0 Å². The maximum Gasteiger partial charge on any atom is 0.417 e. The molecule has 0 saturated carbocycles. The molecule has 0 aliphatic rings. The van der Waals surface area contributed by atoms with Crippen LogP contribution in [0.25, 0.3) is 0 Å². The second-order valence-corrected chi connectivity index (χ2v) is 6.28. The molecule has 0 saturated heterocycles. The van der Waals surface area contributed by atoms with Gasteiger partial charge in [-0.2, -0.15) is 18.2 Å². The third-order valence-electron chi connectivity index (χ3n) is 3.52. The number of benzene rings is 1. The number of aryl methyl sites for hydroxylation is 1. The number of halogens is 4. The van der Waals surface area contributed by atoms with Gasteiger partial charge in [0.05, 0.1) is 10.6 Å². The van der Waals surface area contributed by atoms with Gasteiger partial charge < -0.3 is 16.0 Å². The van der Waals surface area contributed by atoms with Crippen LogP contribution in [-0.2, 0) is 6.18 Å². The monoisotopic (exact) mass is 416 g/mol. The molecular weight excluding hydrogens is 397 g/mol. The first-order valence-electron chi connectivity index (χ1n) is 8.38. The van der Waals surface area contributed by atoms with E-state index in [1.54, 1.807) is 13.0 Å². The second-order valence-electron chi connectivity index (χ2n) is 5.87. The average Bonchev–Trinajstić information content (AvgIpc) is 2.59. The fraction of sp³-hybridized carbons (Fsp3) is 0.353. The first-order chi connectivity index (χ1) is 13.2. The number of hydrogen-bond acceptors (Lipinski definition) is 5. The minimum Gasteiger partial charge on any atom is -0.370 e.